The number of rotatable bonds is 7. The van der Waals surface area contributed by atoms with Gasteiger partial charge in [0.1, 0.15) is 5.75 Å². The summed E-state index contributed by atoms with van der Waals surface area (Å²) in [6, 6.07) is 12.9. The average Bonchev–Trinajstić information content (AvgIpc) is 3.09. The second-order valence-electron chi connectivity index (χ2n) is 6.08. The van der Waals surface area contributed by atoms with E-state index in [9.17, 15) is 18.0 Å². The number of carbonyl (C=O) groups is 1. The summed E-state index contributed by atoms with van der Waals surface area (Å²) in [5.74, 6) is -0.469. The predicted molar refractivity (Wildman–Crippen MR) is 107 cm³/mol. The molecule has 3 aromatic rings. The zero-order chi connectivity index (χ0) is 20.9. The number of ether oxygens (including phenoxy) is 1. The molecular weight excluding hydrogens is 403 g/mol. The molecule has 0 saturated heterocycles. The monoisotopic (exact) mass is 421 g/mol. The third-order valence-electron chi connectivity index (χ3n) is 3.90. The van der Waals surface area contributed by atoms with Gasteiger partial charge in [0.25, 0.3) is 0 Å². The zero-order valence-corrected chi connectivity index (χ0v) is 16.2. The van der Waals surface area contributed by atoms with Gasteiger partial charge in [-0.15, -0.1) is 24.5 Å². The number of halogens is 3. The van der Waals surface area contributed by atoms with Crippen LogP contribution in [0.4, 0.5) is 29.7 Å². The number of anilines is 3. The van der Waals surface area contributed by atoms with Crippen LogP contribution in [0.3, 0.4) is 0 Å². The number of alkyl halides is 3. The maximum absolute atomic E-state index is 12.3. The largest absolute Gasteiger partial charge is 0.573 e. The van der Waals surface area contributed by atoms with Gasteiger partial charge >= 0.3 is 6.36 Å². The molecule has 0 fully saturated rings. The van der Waals surface area contributed by atoms with Crippen molar-refractivity contribution in [2.75, 3.05) is 10.6 Å². The van der Waals surface area contributed by atoms with Crippen LogP contribution >= 0.6 is 11.3 Å². The number of aromatic nitrogens is 1. The fourth-order valence-electron chi connectivity index (χ4n) is 2.62. The highest BCUT2D eigenvalue weighted by molar-refractivity contribution is 7.13. The Hall–Kier alpha value is -3.07. The van der Waals surface area contributed by atoms with Gasteiger partial charge in [-0.25, -0.2) is 4.98 Å². The summed E-state index contributed by atoms with van der Waals surface area (Å²) in [6.45, 7) is 2.02. The smallest absolute Gasteiger partial charge is 0.406 e. The van der Waals surface area contributed by atoms with E-state index in [0.717, 1.165) is 17.7 Å². The number of carbonyl (C=O) groups excluding carboxylic acids is 1. The van der Waals surface area contributed by atoms with Crippen LogP contribution in [0.1, 0.15) is 18.2 Å². The Morgan fingerprint density at radius 2 is 1.86 bits per heavy atom. The Morgan fingerprint density at radius 1 is 1.14 bits per heavy atom. The van der Waals surface area contributed by atoms with Crippen molar-refractivity contribution in [2.24, 2.45) is 0 Å². The van der Waals surface area contributed by atoms with E-state index in [1.807, 2.05) is 31.2 Å². The number of amides is 1. The van der Waals surface area contributed by atoms with Crippen LogP contribution in [0.5, 0.6) is 5.75 Å². The van der Waals surface area contributed by atoms with Gasteiger partial charge in [-0.05, 0) is 42.3 Å². The van der Waals surface area contributed by atoms with E-state index in [1.54, 1.807) is 5.38 Å². The van der Waals surface area contributed by atoms with Crippen LogP contribution in [-0.2, 0) is 17.6 Å². The summed E-state index contributed by atoms with van der Waals surface area (Å²) < 4.78 is 40.4. The molecule has 1 amide bonds. The highest BCUT2D eigenvalue weighted by atomic mass is 32.1. The van der Waals surface area contributed by atoms with E-state index in [0.29, 0.717) is 16.5 Å². The molecule has 1 aromatic heterocycles. The lowest BCUT2D eigenvalue weighted by Gasteiger charge is -2.09. The number of hydrogen-bond donors (Lipinski definition) is 2. The van der Waals surface area contributed by atoms with Crippen molar-refractivity contribution in [1.29, 1.82) is 0 Å². The maximum Gasteiger partial charge on any atom is 0.573 e. The summed E-state index contributed by atoms with van der Waals surface area (Å²) in [4.78, 5) is 16.6. The Morgan fingerprint density at radius 3 is 2.55 bits per heavy atom. The van der Waals surface area contributed by atoms with Crippen molar-refractivity contribution < 1.29 is 22.7 Å². The van der Waals surface area contributed by atoms with Crippen molar-refractivity contribution >= 4 is 33.8 Å². The van der Waals surface area contributed by atoms with Crippen LogP contribution < -0.4 is 15.4 Å². The van der Waals surface area contributed by atoms with Crippen molar-refractivity contribution in [2.45, 2.75) is 26.1 Å². The minimum absolute atomic E-state index is 0.120. The lowest BCUT2D eigenvalue weighted by Crippen LogP contribution is -2.17. The molecule has 2 aromatic carbocycles. The fraction of sp³-hybridized carbons (Fsp3) is 0.200. The standard InChI is InChI=1S/C20H18F3N3O2S/c1-2-13-5-3-4-6-17(13)26-18(27)11-15-12-29-19(25-15)24-14-7-9-16(10-8-14)28-20(21,22)23/h3-10,12H,2,11H2,1H3,(H,24,25)(H,26,27). The second-order valence-corrected chi connectivity index (χ2v) is 6.93. The summed E-state index contributed by atoms with van der Waals surface area (Å²) in [5, 5.41) is 8.18. The van der Waals surface area contributed by atoms with Gasteiger partial charge in [-0.3, -0.25) is 4.79 Å². The number of hydrogen-bond acceptors (Lipinski definition) is 5. The van der Waals surface area contributed by atoms with Gasteiger partial charge < -0.3 is 15.4 Å². The number of benzene rings is 2. The van der Waals surface area contributed by atoms with Gasteiger partial charge in [-0.2, -0.15) is 0 Å². The van der Waals surface area contributed by atoms with E-state index in [1.165, 1.54) is 35.6 Å². The molecule has 0 unspecified atom stereocenters. The molecule has 0 aliphatic rings. The second kappa shape index (κ2) is 8.95. The molecule has 0 spiro atoms. The van der Waals surface area contributed by atoms with Crippen LogP contribution in [-0.4, -0.2) is 17.3 Å². The quantitative estimate of drug-likeness (QED) is 0.527. The number of para-hydroxylation sites is 1. The van der Waals surface area contributed by atoms with E-state index < -0.39 is 6.36 Å². The van der Waals surface area contributed by atoms with Gasteiger partial charge in [0.15, 0.2) is 5.13 Å². The number of nitrogens with zero attached hydrogens (tertiary/aromatic N) is 1. The first kappa shape index (κ1) is 20.7. The number of aryl methyl sites for hydroxylation is 1. The van der Waals surface area contributed by atoms with Gasteiger partial charge in [0, 0.05) is 16.8 Å². The van der Waals surface area contributed by atoms with Crippen molar-refractivity contribution in [3.63, 3.8) is 0 Å². The number of nitrogens with one attached hydrogen (secondary N) is 2. The maximum atomic E-state index is 12.3. The van der Waals surface area contributed by atoms with E-state index in [-0.39, 0.29) is 18.1 Å². The molecule has 2 N–H and O–H groups in total. The van der Waals surface area contributed by atoms with Crippen LogP contribution in [0.25, 0.3) is 0 Å². The Kier molecular flexibility index (Phi) is 6.38. The lowest BCUT2D eigenvalue weighted by molar-refractivity contribution is -0.274. The summed E-state index contributed by atoms with van der Waals surface area (Å²) in [6.07, 6.45) is -3.79. The van der Waals surface area contributed by atoms with Gasteiger partial charge in [0.2, 0.25) is 5.91 Å². The van der Waals surface area contributed by atoms with E-state index >= 15 is 0 Å². The van der Waals surface area contributed by atoms with Gasteiger partial charge in [-0.1, -0.05) is 25.1 Å². The lowest BCUT2D eigenvalue weighted by atomic mass is 10.1. The Balaban J connectivity index is 1.57. The summed E-state index contributed by atoms with van der Waals surface area (Å²) >= 11 is 1.30. The highest BCUT2D eigenvalue weighted by Crippen LogP contribution is 2.26. The van der Waals surface area contributed by atoms with E-state index in [4.69, 9.17) is 0 Å². The molecule has 0 saturated carbocycles. The minimum atomic E-state index is -4.72. The molecule has 0 atom stereocenters. The molecule has 152 valence electrons. The third kappa shape index (κ3) is 6.21. The molecule has 0 aliphatic heterocycles. The molecule has 0 radical (unpaired) electrons. The molecule has 3 rings (SSSR count). The average molecular weight is 421 g/mol. The highest BCUT2D eigenvalue weighted by Gasteiger charge is 2.30. The third-order valence-corrected chi connectivity index (χ3v) is 4.71. The molecule has 5 nitrogen and oxygen atoms in total. The molecule has 1 heterocycles. The first-order chi connectivity index (χ1) is 13.8. The topological polar surface area (TPSA) is 63.2 Å². The molecular formula is C20H18F3N3O2S. The minimum Gasteiger partial charge on any atom is -0.406 e. The fourth-order valence-corrected chi connectivity index (χ4v) is 3.35. The molecule has 0 bridgehead atoms. The van der Waals surface area contributed by atoms with Crippen molar-refractivity contribution in [3.05, 3.63) is 65.2 Å². The van der Waals surface area contributed by atoms with Crippen molar-refractivity contribution in [1.82, 2.24) is 4.98 Å². The predicted octanol–water partition coefficient (Wildman–Crippen LogP) is 5.53. The summed E-state index contributed by atoms with van der Waals surface area (Å²) in [7, 11) is 0. The van der Waals surface area contributed by atoms with Gasteiger partial charge in [0.05, 0.1) is 12.1 Å². The van der Waals surface area contributed by atoms with Crippen LogP contribution in [0.15, 0.2) is 53.9 Å². The normalized spacial score (nSPS) is 11.2. The zero-order valence-electron chi connectivity index (χ0n) is 15.4. The van der Waals surface area contributed by atoms with E-state index in [2.05, 4.69) is 20.4 Å². The first-order valence-electron chi connectivity index (χ1n) is 8.77. The molecule has 9 heteroatoms. The summed E-state index contributed by atoms with van der Waals surface area (Å²) in [5.41, 5.74) is 3.00. The van der Waals surface area contributed by atoms with Crippen molar-refractivity contribution in [3.8, 4) is 5.75 Å². The van der Waals surface area contributed by atoms with Crippen LogP contribution in [0, 0.1) is 0 Å². The Bertz CT molecular complexity index is 972. The van der Waals surface area contributed by atoms with Crippen LogP contribution in [0.2, 0.25) is 0 Å². The molecule has 0 aliphatic carbocycles. The number of thiazole rings is 1. The Labute approximate surface area is 169 Å². The SMILES string of the molecule is CCc1ccccc1NC(=O)Cc1csc(Nc2ccc(OC(F)(F)F)cc2)n1. The molecule has 29 heavy (non-hydrogen) atoms. The first-order valence-corrected chi connectivity index (χ1v) is 9.65.